The van der Waals surface area contributed by atoms with Crippen LogP contribution in [-0.2, 0) is 20.6 Å². The highest BCUT2D eigenvalue weighted by Crippen LogP contribution is 2.25. The molecule has 2 aromatic carbocycles. The van der Waals surface area contributed by atoms with Gasteiger partial charge in [-0.2, -0.15) is 10.1 Å². The average molecular weight is 499 g/mol. The number of piperazine rings is 1. The van der Waals surface area contributed by atoms with Crippen LogP contribution >= 0.6 is 0 Å². The summed E-state index contributed by atoms with van der Waals surface area (Å²) in [5.41, 5.74) is 3.19. The highest BCUT2D eigenvalue weighted by atomic mass is 16.2. The van der Waals surface area contributed by atoms with Crippen LogP contribution in [0.25, 0.3) is 11.2 Å². The van der Waals surface area contributed by atoms with Gasteiger partial charge >= 0.3 is 5.69 Å². The van der Waals surface area contributed by atoms with Crippen LogP contribution in [0.1, 0.15) is 5.56 Å². The number of nitrogens with zero attached hydrogens (tertiary/aromatic N) is 8. The summed E-state index contributed by atoms with van der Waals surface area (Å²) < 4.78 is 4.48. The minimum absolute atomic E-state index is 0.344. The number of hydrogen-bond donors (Lipinski definition) is 0. The molecule has 2 aliphatic rings. The van der Waals surface area contributed by atoms with Gasteiger partial charge in [-0.1, -0.05) is 48.5 Å². The molecule has 37 heavy (non-hydrogen) atoms. The molecule has 0 spiro atoms. The van der Waals surface area contributed by atoms with Gasteiger partial charge in [0.25, 0.3) is 5.56 Å². The van der Waals surface area contributed by atoms with Crippen LogP contribution in [-0.4, -0.2) is 68.6 Å². The second-order valence-corrected chi connectivity index (χ2v) is 9.58. The summed E-state index contributed by atoms with van der Waals surface area (Å²) in [5.74, 6) is 0.593. The molecule has 2 aliphatic heterocycles. The number of hydrazone groups is 1. The quantitative estimate of drug-likeness (QED) is 0.415. The number of benzene rings is 2. The van der Waals surface area contributed by atoms with E-state index in [9.17, 15) is 9.59 Å². The van der Waals surface area contributed by atoms with E-state index in [2.05, 4.69) is 34.1 Å². The molecule has 1 saturated heterocycles. The lowest BCUT2D eigenvalue weighted by atomic mass is 10.1. The third-order valence-electron chi connectivity index (χ3n) is 7.34. The Morgan fingerprint density at radius 3 is 2.19 bits per heavy atom. The lowest BCUT2D eigenvalue weighted by Crippen LogP contribution is -2.48. The summed E-state index contributed by atoms with van der Waals surface area (Å²) in [6.45, 7) is 5.72. The molecule has 0 unspecified atom stereocenters. The number of imidazole rings is 1. The number of aryl methyl sites for hydroxylation is 1. The Kier molecular flexibility index (Phi) is 5.88. The maximum atomic E-state index is 13.2. The van der Waals surface area contributed by atoms with Gasteiger partial charge in [0.05, 0.1) is 18.8 Å². The van der Waals surface area contributed by atoms with Crippen LogP contribution in [0.3, 0.4) is 0 Å². The normalized spacial score (nSPS) is 16.2. The first kappa shape index (κ1) is 23.2. The van der Waals surface area contributed by atoms with Crippen LogP contribution in [0.2, 0.25) is 0 Å². The molecule has 0 aliphatic carbocycles. The van der Waals surface area contributed by atoms with Crippen molar-refractivity contribution in [1.82, 2.24) is 23.6 Å². The van der Waals surface area contributed by atoms with E-state index in [-0.39, 0.29) is 11.2 Å². The van der Waals surface area contributed by atoms with E-state index < -0.39 is 0 Å². The number of para-hydroxylation sites is 1. The molecule has 6 rings (SSSR count). The predicted molar refractivity (Wildman–Crippen MR) is 146 cm³/mol. The van der Waals surface area contributed by atoms with Crippen molar-refractivity contribution in [2.45, 2.75) is 6.54 Å². The molecule has 190 valence electrons. The number of fused-ring (bicyclic) bond motifs is 3. The van der Waals surface area contributed by atoms with E-state index in [1.807, 2.05) is 46.0 Å². The molecule has 0 bridgehead atoms. The second kappa shape index (κ2) is 9.36. The molecular formula is C27H30N8O2. The molecular weight excluding hydrogens is 468 g/mol. The van der Waals surface area contributed by atoms with Crippen LogP contribution in [0.4, 0.5) is 11.6 Å². The molecule has 4 heterocycles. The lowest BCUT2D eigenvalue weighted by Gasteiger charge is -2.37. The van der Waals surface area contributed by atoms with Crippen molar-refractivity contribution in [3.05, 3.63) is 87.1 Å². The Morgan fingerprint density at radius 1 is 0.811 bits per heavy atom. The summed E-state index contributed by atoms with van der Waals surface area (Å²) in [5, 5.41) is 6.86. The van der Waals surface area contributed by atoms with Gasteiger partial charge < -0.3 is 4.90 Å². The van der Waals surface area contributed by atoms with Crippen LogP contribution in [0.5, 0.6) is 0 Å². The molecule has 4 aromatic rings. The van der Waals surface area contributed by atoms with Gasteiger partial charge in [-0.05, 0) is 17.7 Å². The van der Waals surface area contributed by atoms with E-state index in [1.54, 1.807) is 7.05 Å². The lowest BCUT2D eigenvalue weighted by molar-refractivity contribution is 0.262. The van der Waals surface area contributed by atoms with E-state index in [0.717, 1.165) is 48.6 Å². The fourth-order valence-corrected chi connectivity index (χ4v) is 5.19. The highest BCUT2D eigenvalue weighted by molar-refractivity contribution is 6.02. The van der Waals surface area contributed by atoms with Crippen LogP contribution in [0, 0.1) is 0 Å². The molecule has 0 saturated carbocycles. The van der Waals surface area contributed by atoms with Crippen molar-refractivity contribution >= 4 is 28.5 Å². The van der Waals surface area contributed by atoms with Crippen molar-refractivity contribution in [3.8, 4) is 0 Å². The van der Waals surface area contributed by atoms with Gasteiger partial charge in [-0.15, -0.1) is 0 Å². The van der Waals surface area contributed by atoms with Gasteiger partial charge in [-0.3, -0.25) is 23.4 Å². The standard InChI is InChI=1S/C27H30N8O2/c1-30-24-23(25(36)31(2)27(30)37)34-19-22(20-9-5-3-6-10-20)29-35(26(34)28-24)18-15-32-13-16-33(17-14-32)21-11-7-4-8-12-21/h3-12H,13-19H2,1-2H3. The number of hydrogen-bond acceptors (Lipinski definition) is 7. The van der Waals surface area contributed by atoms with Crippen LogP contribution < -0.4 is 21.2 Å². The summed E-state index contributed by atoms with van der Waals surface area (Å²) in [7, 11) is 3.16. The minimum atomic E-state index is -0.389. The van der Waals surface area contributed by atoms with Gasteiger partial charge in [0.2, 0.25) is 5.95 Å². The molecule has 10 heteroatoms. The fourth-order valence-electron chi connectivity index (χ4n) is 5.19. The van der Waals surface area contributed by atoms with Crippen molar-refractivity contribution in [1.29, 1.82) is 0 Å². The van der Waals surface area contributed by atoms with Crippen LogP contribution in [0.15, 0.2) is 75.4 Å². The third kappa shape index (κ3) is 4.13. The monoisotopic (exact) mass is 498 g/mol. The number of aromatic nitrogens is 4. The van der Waals surface area contributed by atoms with E-state index in [0.29, 0.717) is 30.2 Å². The molecule has 10 nitrogen and oxygen atoms in total. The number of anilines is 2. The molecule has 0 N–H and O–H groups in total. The average Bonchev–Trinajstić information content (AvgIpc) is 3.35. The Hall–Kier alpha value is -4.18. The second-order valence-electron chi connectivity index (χ2n) is 9.58. The molecule has 2 aromatic heterocycles. The smallest absolute Gasteiger partial charge is 0.332 e. The SMILES string of the molecule is Cn1c(=O)c2c(nc3n2CC(c2ccccc2)=NN3CCN2CCN(c3ccccc3)CC2)n(C)c1=O. The van der Waals surface area contributed by atoms with Gasteiger partial charge in [0, 0.05) is 52.5 Å². The zero-order chi connectivity index (χ0) is 25.5. The first-order valence-corrected chi connectivity index (χ1v) is 12.6. The van der Waals surface area contributed by atoms with Gasteiger partial charge in [0.15, 0.2) is 11.2 Å². The molecule has 1 fully saturated rings. The minimum Gasteiger partial charge on any atom is -0.369 e. The zero-order valence-corrected chi connectivity index (χ0v) is 21.1. The Morgan fingerprint density at radius 2 is 1.49 bits per heavy atom. The summed E-state index contributed by atoms with van der Waals surface area (Å²) in [6, 6.07) is 20.5. The Balaban J connectivity index is 1.29. The predicted octanol–water partition coefficient (Wildman–Crippen LogP) is 1.48. The summed E-state index contributed by atoms with van der Waals surface area (Å²) in [4.78, 5) is 35.3. The Bertz CT molecular complexity index is 1580. The maximum absolute atomic E-state index is 13.2. The molecule has 0 amide bonds. The first-order valence-electron chi connectivity index (χ1n) is 12.6. The van der Waals surface area contributed by atoms with E-state index in [4.69, 9.17) is 10.1 Å². The van der Waals surface area contributed by atoms with Gasteiger partial charge in [-0.25, -0.2) is 9.80 Å². The maximum Gasteiger partial charge on any atom is 0.332 e. The third-order valence-corrected chi connectivity index (χ3v) is 7.34. The van der Waals surface area contributed by atoms with Crippen molar-refractivity contribution < 1.29 is 0 Å². The molecule has 0 atom stereocenters. The van der Waals surface area contributed by atoms with Gasteiger partial charge in [0.1, 0.15) is 0 Å². The first-order chi connectivity index (χ1) is 18.0. The summed E-state index contributed by atoms with van der Waals surface area (Å²) in [6.07, 6.45) is 0. The number of rotatable bonds is 5. The fraction of sp³-hybridized carbons (Fsp3) is 0.333. The summed E-state index contributed by atoms with van der Waals surface area (Å²) >= 11 is 0. The topological polar surface area (TPSA) is 83.9 Å². The molecule has 0 radical (unpaired) electrons. The van der Waals surface area contributed by atoms with E-state index in [1.165, 1.54) is 17.3 Å². The Labute approximate surface area is 214 Å². The van der Waals surface area contributed by atoms with Crippen molar-refractivity contribution in [2.75, 3.05) is 49.2 Å². The largest absolute Gasteiger partial charge is 0.369 e. The highest BCUT2D eigenvalue weighted by Gasteiger charge is 2.28. The zero-order valence-electron chi connectivity index (χ0n) is 21.1. The van der Waals surface area contributed by atoms with E-state index >= 15 is 0 Å². The van der Waals surface area contributed by atoms with Crippen molar-refractivity contribution in [2.24, 2.45) is 19.2 Å². The van der Waals surface area contributed by atoms with Crippen molar-refractivity contribution in [3.63, 3.8) is 0 Å².